The number of hydroxylamine groups is 2. The number of carbonyl (C=O) groups excluding carboxylic acids is 1. The van der Waals surface area contributed by atoms with Crippen LogP contribution in [0.5, 0.6) is 0 Å². The fraction of sp³-hybridized carbons (Fsp3) is 0.667. The maximum atomic E-state index is 9.95. The van der Waals surface area contributed by atoms with Gasteiger partial charge in [0.2, 0.25) is 0 Å². The van der Waals surface area contributed by atoms with E-state index in [1.165, 1.54) is 16.8 Å². The lowest BCUT2D eigenvalue weighted by Gasteiger charge is -2.17. The van der Waals surface area contributed by atoms with Crippen LogP contribution in [0.15, 0.2) is 0 Å². The Morgan fingerprint density at radius 2 is 2.36 bits per heavy atom. The van der Waals surface area contributed by atoms with Crippen LogP contribution in [-0.2, 0) is 9.63 Å². The molecule has 64 valence electrons. The van der Waals surface area contributed by atoms with E-state index in [9.17, 15) is 4.79 Å². The van der Waals surface area contributed by atoms with Crippen molar-refractivity contribution in [1.82, 2.24) is 5.06 Å². The zero-order chi connectivity index (χ0) is 8.69. The highest BCUT2D eigenvalue weighted by Gasteiger charge is 2.06. The lowest BCUT2D eigenvalue weighted by molar-refractivity contribution is -0.153. The Kier molecular flexibility index (Phi) is 6.25. The normalized spacial score (nSPS) is 8.91. The highest BCUT2D eigenvalue weighted by molar-refractivity contribution is 8.22. The lowest BCUT2D eigenvalue weighted by atomic mass is 10.8. The number of thioether (sulfide) groups is 1. The summed E-state index contributed by atoms with van der Waals surface area (Å²) in [7, 11) is 0. The predicted octanol–water partition coefficient (Wildman–Crippen LogP) is 1.43. The summed E-state index contributed by atoms with van der Waals surface area (Å²) in [6.45, 7) is 4.83. The second-order valence-electron chi connectivity index (χ2n) is 1.60. The SMILES string of the molecule is CCSC(=S)N(CC)OC=O. The highest BCUT2D eigenvalue weighted by Crippen LogP contribution is 2.07. The monoisotopic (exact) mass is 193 g/mol. The summed E-state index contributed by atoms with van der Waals surface area (Å²) in [5.41, 5.74) is 0. The fourth-order valence-electron chi connectivity index (χ4n) is 0.494. The van der Waals surface area contributed by atoms with Gasteiger partial charge < -0.3 is 4.84 Å². The number of carbonyl (C=O) groups is 1. The van der Waals surface area contributed by atoms with E-state index in [1.54, 1.807) is 0 Å². The molecule has 0 saturated carbocycles. The average Bonchev–Trinajstić information content (AvgIpc) is 2.00. The Morgan fingerprint density at radius 1 is 1.73 bits per heavy atom. The van der Waals surface area contributed by atoms with Gasteiger partial charge in [0.05, 0.1) is 6.54 Å². The van der Waals surface area contributed by atoms with Crippen LogP contribution in [-0.4, -0.2) is 28.2 Å². The first-order valence-electron chi connectivity index (χ1n) is 3.30. The quantitative estimate of drug-likeness (QED) is 0.383. The van der Waals surface area contributed by atoms with E-state index in [-0.39, 0.29) is 0 Å². The minimum Gasteiger partial charge on any atom is -0.343 e. The summed E-state index contributed by atoms with van der Waals surface area (Å²) in [6.07, 6.45) is 0. The molecule has 0 atom stereocenters. The van der Waals surface area contributed by atoms with Gasteiger partial charge in [0.15, 0.2) is 4.32 Å². The summed E-state index contributed by atoms with van der Waals surface area (Å²) >= 11 is 6.42. The number of hydrogen-bond acceptors (Lipinski definition) is 4. The van der Waals surface area contributed by atoms with Crippen molar-refractivity contribution < 1.29 is 9.63 Å². The van der Waals surface area contributed by atoms with E-state index in [0.29, 0.717) is 17.3 Å². The van der Waals surface area contributed by atoms with Crippen molar-refractivity contribution >= 4 is 34.8 Å². The van der Waals surface area contributed by atoms with Crippen LogP contribution in [0.2, 0.25) is 0 Å². The first kappa shape index (κ1) is 10.7. The maximum absolute atomic E-state index is 9.95. The fourth-order valence-corrected chi connectivity index (χ4v) is 1.58. The molecule has 0 radical (unpaired) electrons. The van der Waals surface area contributed by atoms with Crippen molar-refractivity contribution in [2.45, 2.75) is 13.8 Å². The third kappa shape index (κ3) is 4.21. The smallest absolute Gasteiger partial charge is 0.320 e. The van der Waals surface area contributed by atoms with Gasteiger partial charge in [-0.15, -0.1) is 0 Å². The van der Waals surface area contributed by atoms with Crippen LogP contribution in [0.3, 0.4) is 0 Å². The number of thiocarbonyl (C=S) groups is 1. The lowest BCUT2D eigenvalue weighted by Crippen LogP contribution is -2.26. The molecule has 0 N–H and O–H groups in total. The average molecular weight is 193 g/mol. The van der Waals surface area contributed by atoms with Gasteiger partial charge in [-0.05, 0) is 24.9 Å². The molecular weight excluding hydrogens is 182 g/mol. The minimum atomic E-state index is 0.381. The molecule has 5 heteroatoms. The zero-order valence-corrected chi connectivity index (χ0v) is 8.20. The van der Waals surface area contributed by atoms with Crippen molar-refractivity contribution in [3.05, 3.63) is 0 Å². The van der Waals surface area contributed by atoms with Gasteiger partial charge in [0, 0.05) is 0 Å². The molecule has 0 aliphatic heterocycles. The first-order valence-corrected chi connectivity index (χ1v) is 4.70. The molecule has 0 aromatic heterocycles. The molecule has 0 unspecified atom stereocenters. The molecule has 0 aliphatic rings. The van der Waals surface area contributed by atoms with E-state index >= 15 is 0 Å². The summed E-state index contributed by atoms with van der Waals surface area (Å²) in [6, 6.07) is 0. The van der Waals surface area contributed by atoms with Crippen LogP contribution in [0.25, 0.3) is 0 Å². The van der Waals surface area contributed by atoms with Crippen molar-refractivity contribution in [1.29, 1.82) is 0 Å². The molecule has 0 fully saturated rings. The molecule has 0 aliphatic carbocycles. The van der Waals surface area contributed by atoms with Gasteiger partial charge in [-0.1, -0.05) is 18.7 Å². The van der Waals surface area contributed by atoms with Crippen LogP contribution in [0, 0.1) is 0 Å². The molecular formula is C6H11NO2S2. The number of nitrogens with zero attached hydrogens (tertiary/aromatic N) is 1. The molecule has 11 heavy (non-hydrogen) atoms. The molecule has 0 aromatic rings. The van der Waals surface area contributed by atoms with Gasteiger partial charge in [-0.2, -0.15) is 5.06 Å². The van der Waals surface area contributed by atoms with E-state index < -0.39 is 0 Å². The Labute approximate surface area is 76.0 Å². The third-order valence-electron chi connectivity index (χ3n) is 0.929. The van der Waals surface area contributed by atoms with E-state index in [1.807, 2.05) is 13.8 Å². The van der Waals surface area contributed by atoms with Crippen molar-refractivity contribution in [3.8, 4) is 0 Å². The Morgan fingerprint density at radius 3 is 2.73 bits per heavy atom. The molecule has 0 amide bonds. The maximum Gasteiger partial charge on any atom is 0.320 e. The standard InChI is InChI=1S/C6H11NO2S2/c1-3-7(9-5-8)6(10)11-4-2/h5H,3-4H2,1-2H3. The second kappa shape index (κ2) is 6.42. The number of rotatable bonds is 4. The van der Waals surface area contributed by atoms with Gasteiger partial charge >= 0.3 is 6.47 Å². The molecule has 3 nitrogen and oxygen atoms in total. The van der Waals surface area contributed by atoms with Crippen molar-refractivity contribution in [2.24, 2.45) is 0 Å². The Bertz CT molecular complexity index is 141. The first-order chi connectivity index (χ1) is 5.26. The van der Waals surface area contributed by atoms with E-state index in [2.05, 4.69) is 4.84 Å². The van der Waals surface area contributed by atoms with E-state index in [0.717, 1.165) is 5.75 Å². The highest BCUT2D eigenvalue weighted by atomic mass is 32.2. The second-order valence-corrected chi connectivity index (χ2v) is 3.49. The van der Waals surface area contributed by atoms with E-state index in [4.69, 9.17) is 12.2 Å². The molecule has 0 aromatic carbocycles. The zero-order valence-electron chi connectivity index (χ0n) is 6.57. The summed E-state index contributed by atoms with van der Waals surface area (Å²) in [4.78, 5) is 14.5. The molecule has 0 bridgehead atoms. The Balaban J connectivity index is 3.80. The third-order valence-corrected chi connectivity index (χ3v) is 2.23. The van der Waals surface area contributed by atoms with Gasteiger partial charge in [0.1, 0.15) is 0 Å². The Hall–Kier alpha value is -0.290. The predicted molar refractivity (Wildman–Crippen MR) is 50.3 cm³/mol. The molecule has 0 spiro atoms. The topological polar surface area (TPSA) is 29.5 Å². The summed E-state index contributed by atoms with van der Waals surface area (Å²) < 4.78 is 0.599. The molecule has 0 saturated heterocycles. The van der Waals surface area contributed by atoms with Crippen molar-refractivity contribution in [3.63, 3.8) is 0 Å². The summed E-state index contributed by atoms with van der Waals surface area (Å²) in [5.74, 6) is 0.886. The largest absolute Gasteiger partial charge is 0.343 e. The van der Waals surface area contributed by atoms with Gasteiger partial charge in [0.25, 0.3) is 0 Å². The summed E-state index contributed by atoms with van der Waals surface area (Å²) in [5, 5.41) is 1.39. The van der Waals surface area contributed by atoms with Crippen molar-refractivity contribution in [2.75, 3.05) is 12.3 Å². The van der Waals surface area contributed by atoms with Gasteiger partial charge in [-0.25, -0.2) is 0 Å². The minimum absolute atomic E-state index is 0.381. The number of hydrogen-bond donors (Lipinski definition) is 0. The molecule has 0 rings (SSSR count). The van der Waals surface area contributed by atoms with Crippen LogP contribution in [0.4, 0.5) is 0 Å². The molecule has 0 heterocycles. The van der Waals surface area contributed by atoms with Crippen LogP contribution >= 0.6 is 24.0 Å². The van der Waals surface area contributed by atoms with Gasteiger partial charge in [-0.3, -0.25) is 4.79 Å². The van der Waals surface area contributed by atoms with Crippen LogP contribution < -0.4 is 0 Å². The van der Waals surface area contributed by atoms with Crippen LogP contribution in [0.1, 0.15) is 13.8 Å².